The first-order valence-electron chi connectivity index (χ1n) is 8.42. The lowest BCUT2D eigenvalue weighted by atomic mass is 10.1. The molecule has 0 saturated carbocycles. The molecule has 0 aliphatic rings. The van der Waals surface area contributed by atoms with E-state index in [1.165, 1.54) is 18.4 Å². The molecular weight excluding hydrogens is 398 g/mol. The number of carbonyl (C=O) groups excluding carboxylic acids is 2. The zero-order chi connectivity index (χ0) is 20.1. The van der Waals surface area contributed by atoms with Crippen molar-refractivity contribution in [2.75, 3.05) is 7.11 Å². The number of benzene rings is 2. The average molecular weight is 416 g/mol. The van der Waals surface area contributed by atoms with E-state index in [0.717, 1.165) is 10.6 Å². The Hall–Kier alpha value is -2.90. The lowest BCUT2D eigenvalue weighted by molar-refractivity contribution is -0.121. The minimum absolute atomic E-state index is 0.0148. The molecule has 3 rings (SSSR count). The van der Waals surface area contributed by atoms with Gasteiger partial charge >= 0.3 is 0 Å². The van der Waals surface area contributed by atoms with Gasteiger partial charge in [0.15, 0.2) is 0 Å². The summed E-state index contributed by atoms with van der Waals surface area (Å²) < 4.78 is 5.22. The number of hydrogen-bond donors (Lipinski definition) is 2. The highest BCUT2D eigenvalue weighted by Gasteiger charge is 2.17. The molecule has 0 atom stereocenters. The fourth-order valence-corrected chi connectivity index (χ4v) is 3.76. The Morgan fingerprint density at radius 2 is 1.89 bits per heavy atom. The lowest BCUT2D eigenvalue weighted by Gasteiger charge is -2.10. The van der Waals surface area contributed by atoms with Crippen LogP contribution in [0.2, 0.25) is 5.02 Å². The number of nitrogens with one attached hydrogen (secondary N) is 2. The van der Waals surface area contributed by atoms with E-state index in [9.17, 15) is 9.59 Å². The zero-order valence-corrected chi connectivity index (χ0v) is 16.9. The van der Waals surface area contributed by atoms with E-state index in [1.54, 1.807) is 25.1 Å². The largest absolute Gasteiger partial charge is 0.496 e. The Labute approximate surface area is 171 Å². The topological polar surface area (TPSA) is 80.3 Å². The van der Waals surface area contributed by atoms with Crippen LogP contribution in [0.1, 0.15) is 20.9 Å². The van der Waals surface area contributed by atoms with Crippen LogP contribution in [0.15, 0.2) is 48.5 Å². The normalized spacial score (nSPS) is 10.4. The van der Waals surface area contributed by atoms with Crippen LogP contribution in [0, 0.1) is 6.92 Å². The Morgan fingerprint density at radius 1 is 1.14 bits per heavy atom. The molecule has 0 spiro atoms. The van der Waals surface area contributed by atoms with Gasteiger partial charge in [-0.25, -0.2) is 4.98 Å². The van der Waals surface area contributed by atoms with Gasteiger partial charge in [-0.3, -0.25) is 20.4 Å². The molecule has 0 fully saturated rings. The van der Waals surface area contributed by atoms with E-state index in [1.807, 2.05) is 30.3 Å². The number of rotatable bonds is 5. The van der Waals surface area contributed by atoms with E-state index in [-0.39, 0.29) is 12.3 Å². The predicted octanol–water partition coefficient (Wildman–Crippen LogP) is 3.78. The summed E-state index contributed by atoms with van der Waals surface area (Å²) in [6, 6.07) is 14.6. The summed E-state index contributed by atoms with van der Waals surface area (Å²) in [6.45, 7) is 1.76. The van der Waals surface area contributed by atoms with Crippen molar-refractivity contribution >= 4 is 34.8 Å². The van der Waals surface area contributed by atoms with Crippen LogP contribution < -0.4 is 15.6 Å². The summed E-state index contributed by atoms with van der Waals surface area (Å²) in [5.41, 5.74) is 7.02. The number of aryl methyl sites for hydroxylation is 1. The molecular formula is C20H18ClN3O3S. The third kappa shape index (κ3) is 4.68. The van der Waals surface area contributed by atoms with Crippen molar-refractivity contribution in [2.45, 2.75) is 13.3 Å². The molecule has 144 valence electrons. The third-order valence-electron chi connectivity index (χ3n) is 3.93. The molecule has 0 bridgehead atoms. The van der Waals surface area contributed by atoms with Gasteiger partial charge in [0.25, 0.3) is 5.91 Å². The predicted molar refractivity (Wildman–Crippen MR) is 110 cm³/mol. The maximum atomic E-state index is 12.4. The van der Waals surface area contributed by atoms with Gasteiger partial charge in [-0.1, -0.05) is 41.9 Å². The second kappa shape index (κ2) is 8.86. The summed E-state index contributed by atoms with van der Waals surface area (Å²) in [7, 11) is 1.52. The van der Waals surface area contributed by atoms with Gasteiger partial charge in [-0.2, -0.15) is 0 Å². The molecule has 0 saturated heterocycles. The molecule has 3 aromatic rings. The molecule has 2 aromatic carbocycles. The molecule has 2 amide bonds. The van der Waals surface area contributed by atoms with E-state index < -0.39 is 5.91 Å². The molecule has 28 heavy (non-hydrogen) atoms. The fraction of sp³-hybridized carbons (Fsp3) is 0.150. The van der Waals surface area contributed by atoms with Crippen LogP contribution in [-0.4, -0.2) is 23.9 Å². The highest BCUT2D eigenvalue weighted by Crippen LogP contribution is 2.27. The number of ether oxygens (including phenoxy) is 1. The van der Waals surface area contributed by atoms with Crippen LogP contribution >= 0.6 is 22.9 Å². The van der Waals surface area contributed by atoms with Crippen LogP contribution in [0.4, 0.5) is 0 Å². The number of thiazole rings is 1. The molecule has 6 nitrogen and oxygen atoms in total. The summed E-state index contributed by atoms with van der Waals surface area (Å²) in [5, 5.41) is 1.25. The van der Waals surface area contributed by atoms with Gasteiger partial charge in [0, 0.05) is 16.1 Å². The lowest BCUT2D eigenvalue weighted by Crippen LogP contribution is -2.42. The molecule has 0 aliphatic carbocycles. The van der Waals surface area contributed by atoms with Crippen molar-refractivity contribution in [3.63, 3.8) is 0 Å². The van der Waals surface area contributed by atoms with E-state index in [0.29, 0.717) is 26.9 Å². The van der Waals surface area contributed by atoms with Gasteiger partial charge in [0.1, 0.15) is 15.6 Å². The molecule has 1 heterocycles. The first-order chi connectivity index (χ1) is 13.5. The number of carbonyl (C=O) groups is 2. The molecule has 0 aliphatic heterocycles. The minimum Gasteiger partial charge on any atom is -0.496 e. The molecule has 2 N–H and O–H groups in total. The van der Waals surface area contributed by atoms with Crippen molar-refractivity contribution in [1.82, 2.24) is 15.8 Å². The van der Waals surface area contributed by atoms with Crippen molar-refractivity contribution in [2.24, 2.45) is 0 Å². The smallest absolute Gasteiger partial charge is 0.281 e. The van der Waals surface area contributed by atoms with Crippen molar-refractivity contribution in [3.05, 3.63) is 69.7 Å². The highest BCUT2D eigenvalue weighted by molar-refractivity contribution is 7.17. The molecule has 0 radical (unpaired) electrons. The monoisotopic (exact) mass is 415 g/mol. The van der Waals surface area contributed by atoms with Crippen LogP contribution in [0.25, 0.3) is 10.6 Å². The zero-order valence-electron chi connectivity index (χ0n) is 15.3. The van der Waals surface area contributed by atoms with Gasteiger partial charge < -0.3 is 4.74 Å². The van der Waals surface area contributed by atoms with Crippen LogP contribution in [-0.2, 0) is 11.2 Å². The first kappa shape index (κ1) is 19.9. The summed E-state index contributed by atoms with van der Waals surface area (Å²) in [4.78, 5) is 29.5. The van der Waals surface area contributed by atoms with Gasteiger partial charge in [0.05, 0.1) is 19.2 Å². The highest BCUT2D eigenvalue weighted by atomic mass is 35.5. The van der Waals surface area contributed by atoms with Crippen molar-refractivity contribution in [1.29, 1.82) is 0 Å². The number of halogens is 1. The van der Waals surface area contributed by atoms with Crippen LogP contribution in [0.3, 0.4) is 0 Å². The Balaban J connectivity index is 1.64. The second-order valence-electron chi connectivity index (χ2n) is 5.93. The van der Waals surface area contributed by atoms with Crippen LogP contribution in [0.5, 0.6) is 5.75 Å². The molecule has 8 heteroatoms. The summed E-state index contributed by atoms with van der Waals surface area (Å²) in [6.07, 6.45) is 0.0148. The fourth-order valence-electron chi connectivity index (χ4n) is 2.60. The van der Waals surface area contributed by atoms with Gasteiger partial charge in [-0.05, 0) is 25.1 Å². The average Bonchev–Trinajstić information content (AvgIpc) is 3.09. The van der Waals surface area contributed by atoms with Crippen molar-refractivity contribution in [3.8, 4) is 16.3 Å². The number of hydrazine groups is 1. The molecule has 1 aromatic heterocycles. The van der Waals surface area contributed by atoms with E-state index in [2.05, 4.69) is 15.8 Å². The number of methoxy groups -OCH3 is 1. The number of hydrogen-bond acceptors (Lipinski definition) is 5. The SMILES string of the molecule is COc1ccc(Cl)cc1CC(=O)NNC(=O)c1sc(-c2ccccc2)nc1C. The third-order valence-corrected chi connectivity index (χ3v) is 5.37. The maximum absolute atomic E-state index is 12.4. The Morgan fingerprint density at radius 3 is 2.61 bits per heavy atom. The Kier molecular flexibility index (Phi) is 6.28. The van der Waals surface area contributed by atoms with Gasteiger partial charge in [-0.15, -0.1) is 11.3 Å². The second-order valence-corrected chi connectivity index (χ2v) is 7.37. The molecule has 0 unspecified atom stereocenters. The number of nitrogens with zero attached hydrogens (tertiary/aromatic N) is 1. The Bertz CT molecular complexity index is 1010. The van der Waals surface area contributed by atoms with E-state index >= 15 is 0 Å². The van der Waals surface area contributed by atoms with E-state index in [4.69, 9.17) is 16.3 Å². The number of amides is 2. The first-order valence-corrected chi connectivity index (χ1v) is 9.62. The summed E-state index contributed by atoms with van der Waals surface area (Å²) >= 11 is 7.24. The minimum atomic E-state index is -0.413. The maximum Gasteiger partial charge on any atom is 0.281 e. The standard InChI is InChI=1S/C20H18ClN3O3S/c1-12-18(28-20(22-12)13-6-4-3-5-7-13)19(26)24-23-17(25)11-14-10-15(21)8-9-16(14)27-2/h3-10H,11H2,1-2H3,(H,23,25)(H,24,26). The van der Waals surface area contributed by atoms with Crippen molar-refractivity contribution < 1.29 is 14.3 Å². The quantitative estimate of drug-likeness (QED) is 0.621. The number of aromatic nitrogens is 1. The summed E-state index contributed by atoms with van der Waals surface area (Å²) in [5.74, 6) is -0.250. The van der Waals surface area contributed by atoms with Gasteiger partial charge in [0.2, 0.25) is 5.91 Å².